The predicted octanol–water partition coefficient (Wildman–Crippen LogP) is 2.01. The van der Waals surface area contributed by atoms with Crippen LogP contribution in [-0.2, 0) is 14.3 Å². The normalized spacial score (nSPS) is 16.2. The quantitative estimate of drug-likeness (QED) is 0.500. The fourth-order valence-corrected chi connectivity index (χ4v) is 4.10. The number of aromatic nitrogens is 2. The van der Waals surface area contributed by atoms with Crippen molar-refractivity contribution in [2.45, 2.75) is 6.10 Å². The van der Waals surface area contributed by atoms with Crippen LogP contribution in [0.1, 0.15) is 20.7 Å². The monoisotopic (exact) mass is 489 g/mol. The third-order valence-corrected chi connectivity index (χ3v) is 5.95. The molecular formula is C25H23N5O6. The molecule has 1 aromatic heterocycles. The Kier molecular flexibility index (Phi) is 6.46. The number of fused-ring (bicyclic) bond motifs is 1. The lowest BCUT2D eigenvalue weighted by Crippen LogP contribution is -2.42. The summed E-state index contributed by atoms with van der Waals surface area (Å²) in [6.07, 6.45) is 2.67. The number of hydrogen-bond donors (Lipinski definition) is 1. The zero-order valence-electron chi connectivity index (χ0n) is 19.2. The molecule has 0 spiro atoms. The third-order valence-electron chi connectivity index (χ3n) is 5.95. The number of hydrogen-bond acceptors (Lipinski definition) is 8. The predicted molar refractivity (Wildman–Crippen MR) is 128 cm³/mol. The first-order valence-electron chi connectivity index (χ1n) is 11.4. The van der Waals surface area contributed by atoms with Crippen molar-refractivity contribution >= 4 is 35.2 Å². The van der Waals surface area contributed by atoms with Gasteiger partial charge in [-0.05, 0) is 36.4 Å². The number of rotatable bonds is 7. The standard InChI is InChI=1S/C25H23N5O6/c31-22-15-35-12-11-29(22)18-7-5-17(6-8-18)27-13-19(36-25(34)28-10-9-26-16-28)14-30-23(32)20-3-1-2-4-21(20)24(30)33/h1-10,16,19,27H,11-15H2. The Labute approximate surface area is 206 Å². The average molecular weight is 489 g/mol. The summed E-state index contributed by atoms with van der Waals surface area (Å²) in [5.41, 5.74) is 2.11. The van der Waals surface area contributed by atoms with E-state index in [1.165, 1.54) is 23.3 Å². The van der Waals surface area contributed by atoms with Crippen LogP contribution in [0.2, 0.25) is 0 Å². The van der Waals surface area contributed by atoms with Gasteiger partial charge in [0.2, 0.25) is 0 Å². The molecule has 5 rings (SSSR count). The molecule has 36 heavy (non-hydrogen) atoms. The Bertz CT molecular complexity index is 1260. The topological polar surface area (TPSA) is 123 Å². The molecule has 3 heterocycles. The van der Waals surface area contributed by atoms with Crippen LogP contribution >= 0.6 is 0 Å². The van der Waals surface area contributed by atoms with Gasteiger partial charge in [0, 0.05) is 30.3 Å². The number of imidazole rings is 1. The summed E-state index contributed by atoms with van der Waals surface area (Å²) in [6.45, 7) is 1.03. The van der Waals surface area contributed by atoms with Crippen LogP contribution in [0.4, 0.5) is 16.2 Å². The van der Waals surface area contributed by atoms with Crippen LogP contribution in [0, 0.1) is 0 Å². The molecule has 3 amide bonds. The Morgan fingerprint density at radius 2 is 1.78 bits per heavy atom. The van der Waals surface area contributed by atoms with Crippen molar-refractivity contribution in [2.24, 2.45) is 0 Å². The molecule has 2 aliphatic heterocycles. The van der Waals surface area contributed by atoms with Crippen LogP contribution in [0.25, 0.3) is 0 Å². The summed E-state index contributed by atoms with van der Waals surface area (Å²) in [5.74, 6) is -0.966. The molecule has 2 aliphatic rings. The lowest BCUT2D eigenvalue weighted by molar-refractivity contribution is -0.125. The van der Waals surface area contributed by atoms with Gasteiger partial charge in [-0.15, -0.1) is 0 Å². The van der Waals surface area contributed by atoms with E-state index < -0.39 is 24.0 Å². The molecule has 2 aromatic carbocycles. The fraction of sp³-hybridized carbons (Fsp3) is 0.240. The summed E-state index contributed by atoms with van der Waals surface area (Å²) in [6, 6.07) is 13.8. The molecule has 0 bridgehead atoms. The number of imide groups is 1. The van der Waals surface area contributed by atoms with Gasteiger partial charge in [0.25, 0.3) is 17.7 Å². The largest absolute Gasteiger partial charge is 0.442 e. The summed E-state index contributed by atoms with van der Waals surface area (Å²) >= 11 is 0. The number of anilines is 2. The highest BCUT2D eigenvalue weighted by atomic mass is 16.6. The zero-order valence-corrected chi connectivity index (χ0v) is 19.2. The minimum absolute atomic E-state index is 0.0573. The molecule has 3 aromatic rings. The number of amides is 3. The molecule has 1 atom stereocenters. The van der Waals surface area contributed by atoms with E-state index >= 15 is 0 Å². The van der Waals surface area contributed by atoms with Crippen molar-refractivity contribution in [3.05, 3.63) is 78.4 Å². The van der Waals surface area contributed by atoms with E-state index in [4.69, 9.17) is 9.47 Å². The van der Waals surface area contributed by atoms with Crippen LogP contribution in [0.15, 0.2) is 67.3 Å². The van der Waals surface area contributed by atoms with Crippen LogP contribution in [-0.4, -0.2) is 77.2 Å². The van der Waals surface area contributed by atoms with Gasteiger partial charge in [-0.25, -0.2) is 14.3 Å². The highest BCUT2D eigenvalue weighted by Gasteiger charge is 2.37. The van der Waals surface area contributed by atoms with Gasteiger partial charge >= 0.3 is 6.09 Å². The molecular weight excluding hydrogens is 466 g/mol. The highest BCUT2D eigenvalue weighted by molar-refractivity contribution is 6.21. The molecule has 0 radical (unpaired) electrons. The van der Waals surface area contributed by atoms with E-state index in [2.05, 4.69) is 10.3 Å². The maximum absolute atomic E-state index is 12.8. The minimum atomic E-state index is -0.845. The van der Waals surface area contributed by atoms with Gasteiger partial charge < -0.3 is 19.7 Å². The Morgan fingerprint density at radius 3 is 2.42 bits per heavy atom. The SMILES string of the molecule is O=C1c2ccccc2C(=O)N1CC(CNc1ccc(N2CCOCC2=O)cc1)OC(=O)n1ccnc1. The van der Waals surface area contributed by atoms with Crippen molar-refractivity contribution in [1.29, 1.82) is 0 Å². The van der Waals surface area contributed by atoms with E-state index in [1.54, 1.807) is 41.3 Å². The van der Waals surface area contributed by atoms with Gasteiger partial charge in [-0.2, -0.15) is 0 Å². The maximum atomic E-state index is 12.8. The van der Waals surface area contributed by atoms with E-state index in [-0.39, 0.29) is 25.6 Å². The van der Waals surface area contributed by atoms with E-state index in [1.807, 2.05) is 12.1 Å². The molecule has 0 saturated carbocycles. The van der Waals surface area contributed by atoms with Crippen molar-refractivity contribution in [3.8, 4) is 0 Å². The summed E-state index contributed by atoms with van der Waals surface area (Å²) in [5, 5.41) is 3.18. The molecule has 1 N–H and O–H groups in total. The molecule has 0 aliphatic carbocycles. The van der Waals surface area contributed by atoms with E-state index in [0.717, 1.165) is 10.6 Å². The first kappa shape index (κ1) is 23.2. The second-order valence-electron chi connectivity index (χ2n) is 8.27. The smallest absolute Gasteiger partial charge is 0.419 e. The van der Waals surface area contributed by atoms with Crippen molar-refractivity contribution in [2.75, 3.05) is 43.1 Å². The van der Waals surface area contributed by atoms with Crippen molar-refractivity contribution in [1.82, 2.24) is 14.5 Å². The van der Waals surface area contributed by atoms with Gasteiger partial charge in [-0.1, -0.05) is 12.1 Å². The molecule has 184 valence electrons. The Balaban J connectivity index is 1.29. The zero-order chi connectivity index (χ0) is 25.1. The lowest BCUT2D eigenvalue weighted by Gasteiger charge is -2.27. The number of ether oxygens (including phenoxy) is 2. The van der Waals surface area contributed by atoms with E-state index in [0.29, 0.717) is 30.0 Å². The van der Waals surface area contributed by atoms with Crippen LogP contribution < -0.4 is 10.2 Å². The summed E-state index contributed by atoms with van der Waals surface area (Å²) in [7, 11) is 0. The second-order valence-corrected chi connectivity index (χ2v) is 8.27. The first-order chi connectivity index (χ1) is 17.5. The van der Waals surface area contributed by atoms with Crippen molar-refractivity contribution < 1.29 is 28.7 Å². The summed E-state index contributed by atoms with van der Waals surface area (Å²) < 4.78 is 12.0. The third kappa shape index (κ3) is 4.68. The van der Waals surface area contributed by atoms with Crippen LogP contribution in [0.5, 0.6) is 0 Å². The molecule has 11 heteroatoms. The molecule has 1 unspecified atom stereocenters. The van der Waals surface area contributed by atoms with Gasteiger partial charge in [0.05, 0.1) is 30.8 Å². The molecule has 1 saturated heterocycles. The van der Waals surface area contributed by atoms with Gasteiger partial charge in [-0.3, -0.25) is 19.3 Å². The number of morpholine rings is 1. The van der Waals surface area contributed by atoms with E-state index in [9.17, 15) is 19.2 Å². The Morgan fingerprint density at radius 1 is 1.06 bits per heavy atom. The number of nitrogens with zero attached hydrogens (tertiary/aromatic N) is 4. The first-order valence-corrected chi connectivity index (χ1v) is 11.4. The molecule has 11 nitrogen and oxygen atoms in total. The number of carbonyl (C=O) groups is 4. The second kappa shape index (κ2) is 10.0. The van der Waals surface area contributed by atoms with Crippen LogP contribution in [0.3, 0.4) is 0 Å². The average Bonchev–Trinajstić information content (AvgIpc) is 3.52. The molecule has 1 fully saturated rings. The summed E-state index contributed by atoms with van der Waals surface area (Å²) in [4.78, 5) is 56.9. The van der Waals surface area contributed by atoms with Gasteiger partial charge in [0.15, 0.2) is 0 Å². The van der Waals surface area contributed by atoms with Gasteiger partial charge in [0.1, 0.15) is 19.0 Å². The number of nitrogens with one attached hydrogen (secondary N) is 1. The maximum Gasteiger partial charge on any atom is 0.419 e. The number of carbonyl (C=O) groups excluding carboxylic acids is 4. The highest BCUT2D eigenvalue weighted by Crippen LogP contribution is 2.24. The minimum Gasteiger partial charge on any atom is -0.442 e. The Hall–Kier alpha value is -4.51. The number of benzene rings is 2. The van der Waals surface area contributed by atoms with Crippen molar-refractivity contribution in [3.63, 3.8) is 0 Å². The lowest BCUT2D eigenvalue weighted by atomic mass is 10.1. The fourth-order valence-electron chi connectivity index (χ4n) is 4.10.